The van der Waals surface area contributed by atoms with Gasteiger partial charge in [-0.1, -0.05) is 24.3 Å². The summed E-state index contributed by atoms with van der Waals surface area (Å²) in [4.78, 5) is 29.1. The number of hydrogen-bond acceptors (Lipinski definition) is 5. The minimum absolute atomic E-state index is 0.0454. The van der Waals surface area contributed by atoms with Crippen LogP contribution in [0.15, 0.2) is 60.8 Å². The van der Waals surface area contributed by atoms with Crippen molar-refractivity contribution in [1.82, 2.24) is 20.1 Å². The number of anilines is 1. The van der Waals surface area contributed by atoms with Gasteiger partial charge in [0.1, 0.15) is 17.0 Å². The fourth-order valence-electron chi connectivity index (χ4n) is 4.43. The van der Waals surface area contributed by atoms with Gasteiger partial charge in [-0.15, -0.1) is 0 Å². The van der Waals surface area contributed by atoms with Crippen LogP contribution in [0.3, 0.4) is 0 Å². The molecular formula is C28H26F3N5O3. The maximum Gasteiger partial charge on any atom is 0.411 e. The molecule has 1 aliphatic rings. The molecule has 11 heteroatoms. The van der Waals surface area contributed by atoms with Gasteiger partial charge >= 0.3 is 6.18 Å². The number of nitrogens with one attached hydrogen (secondary N) is 2. The summed E-state index contributed by atoms with van der Waals surface area (Å²) in [6.07, 6.45) is -3.55. The number of carbonyl (C=O) groups excluding carboxylic acids is 2. The van der Waals surface area contributed by atoms with E-state index in [2.05, 4.69) is 15.4 Å². The Morgan fingerprint density at radius 3 is 2.44 bits per heavy atom. The van der Waals surface area contributed by atoms with Gasteiger partial charge in [-0.25, -0.2) is 0 Å². The average Bonchev–Trinajstić information content (AvgIpc) is 3.63. The first-order chi connectivity index (χ1) is 18.6. The number of carbonyl (C=O) groups is 2. The van der Waals surface area contributed by atoms with Crippen LogP contribution in [0.5, 0.6) is 5.75 Å². The van der Waals surface area contributed by atoms with Crippen molar-refractivity contribution in [2.45, 2.75) is 44.4 Å². The van der Waals surface area contributed by atoms with E-state index in [1.165, 1.54) is 18.3 Å². The Balaban J connectivity index is 1.27. The van der Waals surface area contributed by atoms with Crippen LogP contribution < -0.4 is 15.4 Å². The van der Waals surface area contributed by atoms with Crippen LogP contribution in [0.2, 0.25) is 0 Å². The molecule has 202 valence electrons. The Bertz CT molecular complexity index is 1540. The molecule has 2 aromatic heterocycles. The molecule has 0 atom stereocenters. The SMILES string of the molecule is COc1ccc(Cn2nc(C)c3ccc(CC(=O)Nc4ccnc(C(=O)NC5(C(F)(F)F)CC5)c4)cc32)cc1. The lowest BCUT2D eigenvalue weighted by atomic mass is 10.1. The fourth-order valence-corrected chi connectivity index (χ4v) is 4.43. The third-order valence-electron chi connectivity index (χ3n) is 6.78. The number of amides is 2. The van der Waals surface area contributed by atoms with Crippen molar-refractivity contribution in [1.29, 1.82) is 0 Å². The number of alkyl halides is 3. The van der Waals surface area contributed by atoms with E-state index in [9.17, 15) is 22.8 Å². The topological polar surface area (TPSA) is 98.1 Å². The van der Waals surface area contributed by atoms with Gasteiger partial charge in [-0.2, -0.15) is 18.3 Å². The molecule has 1 saturated carbocycles. The van der Waals surface area contributed by atoms with E-state index in [-0.39, 0.29) is 36.6 Å². The first-order valence-electron chi connectivity index (χ1n) is 12.3. The lowest BCUT2D eigenvalue weighted by Crippen LogP contribution is -2.48. The van der Waals surface area contributed by atoms with Crippen molar-refractivity contribution in [3.63, 3.8) is 0 Å². The molecule has 0 unspecified atom stereocenters. The second kappa shape index (κ2) is 10.0. The van der Waals surface area contributed by atoms with E-state index in [4.69, 9.17) is 4.74 Å². The number of aromatic nitrogens is 3. The number of pyridine rings is 1. The summed E-state index contributed by atoms with van der Waals surface area (Å²) in [6.45, 7) is 2.47. The minimum atomic E-state index is -4.53. The Kier molecular flexibility index (Phi) is 6.75. The van der Waals surface area contributed by atoms with Gasteiger partial charge in [0.2, 0.25) is 5.91 Å². The van der Waals surface area contributed by atoms with Crippen molar-refractivity contribution in [3.05, 3.63) is 83.3 Å². The number of aryl methyl sites for hydroxylation is 1. The monoisotopic (exact) mass is 537 g/mol. The molecule has 5 rings (SSSR count). The number of rotatable bonds is 8. The summed E-state index contributed by atoms with van der Waals surface area (Å²) in [5.74, 6) is -0.519. The molecule has 1 aliphatic carbocycles. The van der Waals surface area contributed by atoms with E-state index >= 15 is 0 Å². The molecule has 0 saturated heterocycles. The van der Waals surface area contributed by atoms with E-state index in [1.54, 1.807) is 7.11 Å². The smallest absolute Gasteiger partial charge is 0.411 e. The van der Waals surface area contributed by atoms with Crippen LogP contribution >= 0.6 is 0 Å². The van der Waals surface area contributed by atoms with Crippen LogP contribution in [0.25, 0.3) is 10.9 Å². The molecule has 2 heterocycles. The summed E-state index contributed by atoms with van der Waals surface area (Å²) in [7, 11) is 1.61. The Labute approximate surface area is 222 Å². The van der Waals surface area contributed by atoms with Crippen molar-refractivity contribution in [2.24, 2.45) is 0 Å². The third kappa shape index (κ3) is 5.57. The van der Waals surface area contributed by atoms with Crippen LogP contribution in [-0.4, -0.2) is 45.4 Å². The Hall–Kier alpha value is -4.41. The number of ether oxygens (including phenoxy) is 1. The molecule has 0 aliphatic heterocycles. The molecule has 0 spiro atoms. The second-order valence-corrected chi connectivity index (χ2v) is 9.63. The second-order valence-electron chi connectivity index (χ2n) is 9.63. The van der Waals surface area contributed by atoms with Gasteiger partial charge in [0.15, 0.2) is 0 Å². The predicted molar refractivity (Wildman–Crippen MR) is 139 cm³/mol. The van der Waals surface area contributed by atoms with Gasteiger partial charge in [-0.05, 0) is 61.2 Å². The third-order valence-corrected chi connectivity index (χ3v) is 6.78. The highest BCUT2D eigenvalue weighted by atomic mass is 19.4. The number of nitrogens with zero attached hydrogens (tertiary/aromatic N) is 3. The van der Waals surface area contributed by atoms with Crippen LogP contribution in [0, 0.1) is 6.92 Å². The maximum absolute atomic E-state index is 13.2. The summed E-state index contributed by atoms with van der Waals surface area (Å²) < 4.78 is 46.7. The molecule has 8 nitrogen and oxygen atoms in total. The first-order valence-corrected chi connectivity index (χ1v) is 12.3. The summed E-state index contributed by atoms with van der Waals surface area (Å²) in [5, 5.41) is 10.4. The largest absolute Gasteiger partial charge is 0.497 e. The van der Waals surface area contributed by atoms with E-state index in [0.717, 1.165) is 33.5 Å². The van der Waals surface area contributed by atoms with Gasteiger partial charge < -0.3 is 15.4 Å². The summed E-state index contributed by atoms with van der Waals surface area (Å²) >= 11 is 0. The Morgan fingerprint density at radius 2 is 1.77 bits per heavy atom. The lowest BCUT2D eigenvalue weighted by Gasteiger charge is -2.20. The minimum Gasteiger partial charge on any atom is -0.497 e. The number of hydrogen-bond donors (Lipinski definition) is 2. The van der Waals surface area contributed by atoms with Gasteiger partial charge in [0.25, 0.3) is 5.91 Å². The zero-order valence-electron chi connectivity index (χ0n) is 21.3. The number of methoxy groups -OCH3 is 1. The van der Waals surface area contributed by atoms with Crippen molar-refractivity contribution < 1.29 is 27.5 Å². The first kappa shape index (κ1) is 26.2. The van der Waals surface area contributed by atoms with Gasteiger partial charge in [0, 0.05) is 17.3 Å². The van der Waals surface area contributed by atoms with E-state index in [0.29, 0.717) is 6.54 Å². The average molecular weight is 538 g/mol. The highest BCUT2D eigenvalue weighted by Crippen LogP contribution is 2.49. The molecule has 2 amide bonds. The van der Waals surface area contributed by atoms with Gasteiger partial charge in [0.05, 0.1) is 31.3 Å². The number of benzene rings is 2. The van der Waals surface area contributed by atoms with Crippen LogP contribution in [0.4, 0.5) is 18.9 Å². The molecule has 2 aromatic carbocycles. The summed E-state index contributed by atoms with van der Waals surface area (Å²) in [6, 6.07) is 16.1. The standard InChI is InChI=1S/C28H26F3N5O3/c1-17-22-8-5-19(13-24(22)36(35-17)16-18-3-6-21(39-2)7-4-18)14-25(37)33-20-9-12-32-23(15-20)26(38)34-27(10-11-27)28(29,30)31/h3-9,12-13,15H,10-11,14,16H2,1-2H3,(H,34,38)(H,32,33,37). The molecule has 2 N–H and O–H groups in total. The number of halogens is 3. The molecule has 0 bridgehead atoms. The molecule has 1 fully saturated rings. The lowest BCUT2D eigenvalue weighted by molar-refractivity contribution is -0.163. The molecule has 4 aromatic rings. The summed E-state index contributed by atoms with van der Waals surface area (Å²) in [5.41, 5.74) is 1.42. The Morgan fingerprint density at radius 1 is 1.05 bits per heavy atom. The zero-order valence-corrected chi connectivity index (χ0v) is 21.3. The molecular weight excluding hydrogens is 511 g/mol. The van der Waals surface area contributed by atoms with Crippen molar-refractivity contribution in [2.75, 3.05) is 12.4 Å². The predicted octanol–water partition coefficient (Wildman–Crippen LogP) is 4.80. The quantitative estimate of drug-likeness (QED) is 0.337. The van der Waals surface area contributed by atoms with Gasteiger partial charge in [-0.3, -0.25) is 19.3 Å². The molecule has 0 radical (unpaired) electrons. The highest BCUT2D eigenvalue weighted by Gasteiger charge is 2.64. The number of fused-ring (bicyclic) bond motifs is 1. The van der Waals surface area contributed by atoms with Crippen molar-refractivity contribution in [3.8, 4) is 5.75 Å². The normalized spacial score (nSPS) is 14.2. The maximum atomic E-state index is 13.2. The van der Waals surface area contributed by atoms with Crippen LogP contribution in [0.1, 0.15) is 40.2 Å². The van der Waals surface area contributed by atoms with Crippen LogP contribution in [-0.2, 0) is 17.8 Å². The fraction of sp³-hybridized carbons (Fsp3) is 0.286. The van der Waals surface area contributed by atoms with E-state index < -0.39 is 17.6 Å². The van der Waals surface area contributed by atoms with E-state index in [1.807, 2.05) is 59.4 Å². The zero-order chi connectivity index (χ0) is 27.8. The molecule has 39 heavy (non-hydrogen) atoms. The van der Waals surface area contributed by atoms with Crippen molar-refractivity contribution >= 4 is 28.4 Å². The highest BCUT2D eigenvalue weighted by molar-refractivity contribution is 5.97.